The first-order valence-electron chi connectivity index (χ1n) is 8.22. The SMILES string of the molecule is C[C@H](OC[C@@H](O)CNCc1nc2ccccc2s1)c1ccc(Cl)cc1. The number of hydrogen-bond acceptors (Lipinski definition) is 5. The maximum Gasteiger partial charge on any atom is 0.108 e. The van der Waals surface area contributed by atoms with Gasteiger partial charge >= 0.3 is 0 Å². The Balaban J connectivity index is 1.40. The van der Waals surface area contributed by atoms with E-state index < -0.39 is 6.10 Å². The van der Waals surface area contributed by atoms with Gasteiger partial charge in [0.25, 0.3) is 0 Å². The molecule has 2 aromatic carbocycles. The number of benzene rings is 2. The van der Waals surface area contributed by atoms with E-state index in [-0.39, 0.29) is 12.7 Å². The molecule has 3 rings (SSSR count). The molecule has 25 heavy (non-hydrogen) atoms. The smallest absolute Gasteiger partial charge is 0.108 e. The molecule has 1 aromatic heterocycles. The van der Waals surface area contributed by atoms with Crippen molar-refractivity contribution < 1.29 is 9.84 Å². The second kappa shape index (κ2) is 8.74. The van der Waals surface area contributed by atoms with Crippen LogP contribution in [0.4, 0.5) is 0 Å². The van der Waals surface area contributed by atoms with Crippen molar-refractivity contribution in [2.75, 3.05) is 13.2 Å². The van der Waals surface area contributed by atoms with Gasteiger partial charge < -0.3 is 15.2 Å². The van der Waals surface area contributed by atoms with E-state index in [1.807, 2.05) is 49.4 Å². The van der Waals surface area contributed by atoms with Gasteiger partial charge in [-0.3, -0.25) is 0 Å². The zero-order valence-electron chi connectivity index (χ0n) is 14.0. The van der Waals surface area contributed by atoms with Crippen LogP contribution in [0.15, 0.2) is 48.5 Å². The third kappa shape index (κ3) is 5.23. The zero-order valence-corrected chi connectivity index (χ0v) is 15.6. The van der Waals surface area contributed by atoms with Gasteiger partial charge in [0.15, 0.2) is 0 Å². The minimum absolute atomic E-state index is 0.0869. The Morgan fingerprint density at radius 1 is 1.20 bits per heavy atom. The average Bonchev–Trinajstić information content (AvgIpc) is 3.03. The number of aliphatic hydroxyl groups excluding tert-OH is 1. The molecule has 0 aliphatic carbocycles. The molecule has 132 valence electrons. The van der Waals surface area contributed by atoms with Crippen LogP contribution >= 0.6 is 22.9 Å². The molecular weight excluding hydrogens is 356 g/mol. The van der Waals surface area contributed by atoms with E-state index in [4.69, 9.17) is 16.3 Å². The summed E-state index contributed by atoms with van der Waals surface area (Å²) in [7, 11) is 0. The topological polar surface area (TPSA) is 54.4 Å². The lowest BCUT2D eigenvalue weighted by Crippen LogP contribution is -2.30. The molecule has 0 saturated carbocycles. The van der Waals surface area contributed by atoms with Gasteiger partial charge in [-0.05, 0) is 36.8 Å². The summed E-state index contributed by atoms with van der Waals surface area (Å²) in [5, 5.41) is 15.0. The molecule has 0 fully saturated rings. The second-order valence-electron chi connectivity index (χ2n) is 5.89. The first-order valence-corrected chi connectivity index (χ1v) is 9.41. The van der Waals surface area contributed by atoms with Gasteiger partial charge in [0.1, 0.15) is 5.01 Å². The van der Waals surface area contributed by atoms with Crippen LogP contribution in [0.1, 0.15) is 23.6 Å². The van der Waals surface area contributed by atoms with Crippen LogP contribution in [0, 0.1) is 0 Å². The van der Waals surface area contributed by atoms with Crippen molar-refractivity contribution >= 4 is 33.2 Å². The minimum Gasteiger partial charge on any atom is -0.389 e. The highest BCUT2D eigenvalue weighted by Crippen LogP contribution is 2.21. The van der Waals surface area contributed by atoms with E-state index >= 15 is 0 Å². The quantitative estimate of drug-likeness (QED) is 0.619. The Morgan fingerprint density at radius 2 is 1.96 bits per heavy atom. The standard InChI is InChI=1S/C19H21ClN2O2S/c1-13(14-6-8-15(20)9-7-14)24-12-16(23)10-21-11-19-22-17-4-2-3-5-18(17)25-19/h2-9,13,16,21,23H,10-12H2,1H3/t13-,16-/m0/s1. The number of nitrogens with one attached hydrogen (secondary N) is 1. The Morgan fingerprint density at radius 3 is 2.72 bits per heavy atom. The third-order valence-corrected chi connectivity index (χ3v) is 5.16. The van der Waals surface area contributed by atoms with E-state index in [2.05, 4.69) is 16.4 Å². The van der Waals surface area contributed by atoms with E-state index in [1.165, 1.54) is 4.70 Å². The summed E-state index contributed by atoms with van der Waals surface area (Å²) in [6.07, 6.45) is -0.652. The number of aromatic nitrogens is 1. The summed E-state index contributed by atoms with van der Waals surface area (Å²) in [6.45, 7) is 3.34. The fourth-order valence-corrected chi connectivity index (χ4v) is 3.55. The summed E-state index contributed by atoms with van der Waals surface area (Å²) < 4.78 is 6.91. The van der Waals surface area contributed by atoms with E-state index in [9.17, 15) is 5.11 Å². The number of aliphatic hydroxyl groups is 1. The molecule has 0 bridgehead atoms. The highest BCUT2D eigenvalue weighted by molar-refractivity contribution is 7.18. The van der Waals surface area contributed by atoms with Crippen LogP contribution < -0.4 is 5.32 Å². The molecule has 1 heterocycles. The Bertz CT molecular complexity index is 774. The van der Waals surface area contributed by atoms with E-state index in [0.29, 0.717) is 18.1 Å². The number of para-hydroxylation sites is 1. The van der Waals surface area contributed by atoms with Gasteiger partial charge in [0.2, 0.25) is 0 Å². The lowest BCUT2D eigenvalue weighted by Gasteiger charge is -2.17. The Hall–Kier alpha value is -1.50. The Kier molecular flexibility index (Phi) is 6.39. The highest BCUT2D eigenvalue weighted by Gasteiger charge is 2.10. The van der Waals surface area contributed by atoms with Gasteiger partial charge in [-0.1, -0.05) is 35.9 Å². The van der Waals surface area contributed by atoms with E-state index in [1.54, 1.807) is 11.3 Å². The maximum atomic E-state index is 10.1. The largest absolute Gasteiger partial charge is 0.389 e. The average molecular weight is 377 g/mol. The molecular formula is C19H21ClN2O2S. The molecule has 4 nitrogen and oxygen atoms in total. The molecule has 0 amide bonds. The fourth-order valence-electron chi connectivity index (χ4n) is 2.49. The molecule has 0 saturated heterocycles. The first kappa shape index (κ1) is 18.3. The number of hydrogen-bond donors (Lipinski definition) is 2. The summed E-state index contributed by atoms with van der Waals surface area (Å²) in [6, 6.07) is 15.6. The van der Waals surface area contributed by atoms with Crippen molar-refractivity contribution in [2.45, 2.75) is 25.7 Å². The Labute approximate surface area is 156 Å². The molecule has 0 unspecified atom stereocenters. The lowest BCUT2D eigenvalue weighted by molar-refractivity contribution is -0.00212. The number of thiazole rings is 1. The monoisotopic (exact) mass is 376 g/mol. The number of rotatable bonds is 8. The molecule has 0 aliphatic rings. The number of fused-ring (bicyclic) bond motifs is 1. The lowest BCUT2D eigenvalue weighted by atomic mass is 10.1. The molecule has 0 radical (unpaired) electrons. The molecule has 2 N–H and O–H groups in total. The van der Waals surface area contributed by atoms with Gasteiger partial charge in [-0.15, -0.1) is 11.3 Å². The number of ether oxygens (including phenoxy) is 1. The van der Waals surface area contributed by atoms with Crippen molar-refractivity contribution in [1.82, 2.24) is 10.3 Å². The second-order valence-corrected chi connectivity index (χ2v) is 7.44. The molecule has 0 spiro atoms. The summed E-state index contributed by atoms with van der Waals surface area (Å²) in [4.78, 5) is 4.56. The number of nitrogens with zero attached hydrogens (tertiary/aromatic N) is 1. The maximum absolute atomic E-state index is 10.1. The fraction of sp³-hybridized carbons (Fsp3) is 0.316. The first-order chi connectivity index (χ1) is 12.1. The normalized spacial score (nSPS) is 13.9. The van der Waals surface area contributed by atoms with Gasteiger partial charge in [0, 0.05) is 18.1 Å². The summed E-state index contributed by atoms with van der Waals surface area (Å²) in [5.41, 5.74) is 2.06. The van der Waals surface area contributed by atoms with Crippen LogP contribution in [0.25, 0.3) is 10.2 Å². The highest BCUT2D eigenvalue weighted by atomic mass is 35.5. The van der Waals surface area contributed by atoms with E-state index in [0.717, 1.165) is 16.1 Å². The predicted molar refractivity (Wildman–Crippen MR) is 103 cm³/mol. The van der Waals surface area contributed by atoms with Gasteiger partial charge in [0.05, 0.1) is 29.0 Å². The molecule has 2 atom stereocenters. The third-order valence-electron chi connectivity index (χ3n) is 3.87. The molecule has 6 heteroatoms. The van der Waals surface area contributed by atoms with Crippen molar-refractivity contribution in [3.8, 4) is 0 Å². The van der Waals surface area contributed by atoms with Gasteiger partial charge in [-0.2, -0.15) is 0 Å². The summed E-state index contributed by atoms with van der Waals surface area (Å²) in [5.74, 6) is 0. The predicted octanol–water partition coefficient (Wildman–Crippen LogP) is 4.18. The minimum atomic E-state index is -0.566. The van der Waals surface area contributed by atoms with Crippen LogP contribution in [0.3, 0.4) is 0 Å². The van der Waals surface area contributed by atoms with Crippen molar-refractivity contribution in [2.24, 2.45) is 0 Å². The zero-order chi connectivity index (χ0) is 17.6. The van der Waals surface area contributed by atoms with Crippen LogP contribution in [0.2, 0.25) is 5.02 Å². The molecule has 3 aromatic rings. The van der Waals surface area contributed by atoms with Crippen LogP contribution in [0.5, 0.6) is 0 Å². The van der Waals surface area contributed by atoms with Gasteiger partial charge in [-0.25, -0.2) is 4.98 Å². The number of halogens is 1. The van der Waals surface area contributed by atoms with Crippen LogP contribution in [-0.2, 0) is 11.3 Å². The van der Waals surface area contributed by atoms with Crippen molar-refractivity contribution in [3.63, 3.8) is 0 Å². The van der Waals surface area contributed by atoms with Crippen molar-refractivity contribution in [3.05, 3.63) is 64.1 Å². The van der Waals surface area contributed by atoms with Crippen LogP contribution in [-0.4, -0.2) is 29.3 Å². The summed E-state index contributed by atoms with van der Waals surface area (Å²) >= 11 is 7.55. The molecule has 0 aliphatic heterocycles. The van der Waals surface area contributed by atoms with Crippen molar-refractivity contribution in [1.29, 1.82) is 0 Å².